The molecule has 6 nitrogen and oxygen atoms in total. The van der Waals surface area contributed by atoms with Gasteiger partial charge in [0.15, 0.2) is 0 Å². The van der Waals surface area contributed by atoms with Gasteiger partial charge in [-0.25, -0.2) is 4.39 Å². The summed E-state index contributed by atoms with van der Waals surface area (Å²) >= 11 is 0. The maximum absolute atomic E-state index is 13.2. The van der Waals surface area contributed by atoms with Crippen molar-refractivity contribution in [1.82, 2.24) is 9.80 Å². The standard InChI is InChI=1S/C17H22FN3O3/c1-12-3-4-14(18)11-15(12)19-16(23)5-6-17(24)21-9-7-20(8-10-21)13(2)22/h3-4,11H,5-10H2,1-2H3,(H,19,23). The Balaban J connectivity index is 1.78. The fourth-order valence-corrected chi connectivity index (χ4v) is 2.59. The van der Waals surface area contributed by atoms with E-state index in [1.54, 1.807) is 22.8 Å². The van der Waals surface area contributed by atoms with Gasteiger partial charge in [0.2, 0.25) is 17.7 Å². The number of benzene rings is 1. The van der Waals surface area contributed by atoms with Crippen molar-refractivity contribution in [2.75, 3.05) is 31.5 Å². The molecule has 0 saturated carbocycles. The van der Waals surface area contributed by atoms with Crippen LogP contribution in [0, 0.1) is 12.7 Å². The van der Waals surface area contributed by atoms with Crippen LogP contribution in [0.4, 0.5) is 10.1 Å². The molecular weight excluding hydrogens is 313 g/mol. The topological polar surface area (TPSA) is 69.7 Å². The Labute approximate surface area is 140 Å². The highest BCUT2D eigenvalue weighted by Crippen LogP contribution is 2.16. The molecule has 0 bridgehead atoms. The van der Waals surface area contributed by atoms with Gasteiger partial charge in [0.05, 0.1) is 0 Å². The molecule has 2 rings (SSSR count). The molecule has 24 heavy (non-hydrogen) atoms. The summed E-state index contributed by atoms with van der Waals surface area (Å²) in [6.45, 7) is 5.31. The zero-order valence-corrected chi connectivity index (χ0v) is 14.0. The maximum Gasteiger partial charge on any atom is 0.224 e. The van der Waals surface area contributed by atoms with Crippen LogP contribution < -0.4 is 5.32 Å². The summed E-state index contributed by atoms with van der Waals surface area (Å²) < 4.78 is 13.2. The summed E-state index contributed by atoms with van der Waals surface area (Å²) in [4.78, 5) is 38.7. The molecule has 0 spiro atoms. The van der Waals surface area contributed by atoms with Crippen molar-refractivity contribution < 1.29 is 18.8 Å². The lowest BCUT2D eigenvalue weighted by Gasteiger charge is -2.34. The van der Waals surface area contributed by atoms with Gasteiger partial charge in [0, 0.05) is 51.6 Å². The molecule has 0 unspecified atom stereocenters. The predicted molar refractivity (Wildman–Crippen MR) is 87.8 cm³/mol. The number of rotatable bonds is 4. The quantitative estimate of drug-likeness (QED) is 0.907. The second kappa shape index (κ2) is 7.90. The second-order valence-corrected chi connectivity index (χ2v) is 5.89. The fraction of sp³-hybridized carbons (Fsp3) is 0.471. The number of hydrogen-bond donors (Lipinski definition) is 1. The van der Waals surface area contributed by atoms with Crippen molar-refractivity contribution in [1.29, 1.82) is 0 Å². The number of piperazine rings is 1. The van der Waals surface area contributed by atoms with E-state index in [2.05, 4.69) is 5.32 Å². The maximum atomic E-state index is 13.2. The Kier molecular flexibility index (Phi) is 5.89. The summed E-state index contributed by atoms with van der Waals surface area (Å²) in [5.41, 5.74) is 1.18. The van der Waals surface area contributed by atoms with Gasteiger partial charge in [0.25, 0.3) is 0 Å². The van der Waals surface area contributed by atoms with Crippen LogP contribution in [0.25, 0.3) is 0 Å². The Morgan fingerprint density at radius 3 is 2.33 bits per heavy atom. The molecule has 0 atom stereocenters. The number of carbonyl (C=O) groups excluding carboxylic acids is 3. The number of carbonyl (C=O) groups is 3. The molecule has 1 aliphatic heterocycles. The molecule has 1 fully saturated rings. The molecule has 1 heterocycles. The van der Waals surface area contributed by atoms with Crippen LogP contribution in [0.2, 0.25) is 0 Å². The van der Waals surface area contributed by atoms with E-state index in [0.29, 0.717) is 31.9 Å². The number of halogens is 1. The first-order chi connectivity index (χ1) is 11.4. The van der Waals surface area contributed by atoms with E-state index in [1.165, 1.54) is 19.1 Å². The molecule has 3 amide bonds. The molecule has 0 radical (unpaired) electrons. The summed E-state index contributed by atoms with van der Waals surface area (Å²) in [5, 5.41) is 2.63. The van der Waals surface area contributed by atoms with E-state index >= 15 is 0 Å². The van der Waals surface area contributed by atoms with E-state index in [1.807, 2.05) is 0 Å². The van der Waals surface area contributed by atoms with Crippen LogP contribution in [0.3, 0.4) is 0 Å². The molecule has 0 aromatic heterocycles. The summed E-state index contributed by atoms with van der Waals surface area (Å²) in [7, 11) is 0. The first kappa shape index (κ1) is 17.9. The van der Waals surface area contributed by atoms with Crippen LogP contribution in [0.5, 0.6) is 0 Å². The van der Waals surface area contributed by atoms with Crippen LogP contribution in [0.1, 0.15) is 25.3 Å². The molecule has 1 aliphatic rings. The molecule has 1 aromatic rings. The third-order valence-corrected chi connectivity index (χ3v) is 4.12. The number of amides is 3. The molecule has 130 valence electrons. The van der Waals surface area contributed by atoms with Crippen molar-refractivity contribution in [2.24, 2.45) is 0 Å². The molecule has 1 aromatic carbocycles. The van der Waals surface area contributed by atoms with E-state index in [0.717, 1.165) is 5.56 Å². The van der Waals surface area contributed by atoms with Crippen LogP contribution in [-0.4, -0.2) is 53.7 Å². The number of nitrogens with one attached hydrogen (secondary N) is 1. The van der Waals surface area contributed by atoms with Crippen molar-refractivity contribution in [3.63, 3.8) is 0 Å². The second-order valence-electron chi connectivity index (χ2n) is 5.89. The minimum absolute atomic E-state index is 0.00643. The lowest BCUT2D eigenvalue weighted by Crippen LogP contribution is -2.50. The van der Waals surface area contributed by atoms with Gasteiger partial charge < -0.3 is 15.1 Å². The van der Waals surface area contributed by atoms with Gasteiger partial charge >= 0.3 is 0 Å². The Hall–Kier alpha value is -2.44. The Morgan fingerprint density at radius 2 is 1.71 bits per heavy atom. The van der Waals surface area contributed by atoms with Gasteiger partial charge in [-0.05, 0) is 24.6 Å². The van der Waals surface area contributed by atoms with Gasteiger partial charge in [-0.1, -0.05) is 6.07 Å². The lowest BCUT2D eigenvalue weighted by atomic mass is 10.2. The lowest BCUT2D eigenvalue weighted by molar-refractivity contribution is -0.138. The molecular formula is C17H22FN3O3. The Bertz CT molecular complexity index is 640. The third-order valence-electron chi connectivity index (χ3n) is 4.12. The molecule has 0 aliphatic carbocycles. The average molecular weight is 335 g/mol. The predicted octanol–water partition coefficient (Wildman–Crippen LogP) is 1.54. The van der Waals surface area contributed by atoms with Gasteiger partial charge in [0.1, 0.15) is 5.82 Å². The fourth-order valence-electron chi connectivity index (χ4n) is 2.59. The van der Waals surface area contributed by atoms with Gasteiger partial charge in [-0.15, -0.1) is 0 Å². The number of aryl methyl sites for hydroxylation is 1. The van der Waals surface area contributed by atoms with Crippen LogP contribution in [0.15, 0.2) is 18.2 Å². The minimum Gasteiger partial charge on any atom is -0.339 e. The first-order valence-electron chi connectivity index (χ1n) is 7.96. The van der Waals surface area contributed by atoms with Crippen molar-refractivity contribution in [2.45, 2.75) is 26.7 Å². The normalized spacial score (nSPS) is 14.5. The molecule has 7 heteroatoms. The van der Waals surface area contributed by atoms with E-state index in [9.17, 15) is 18.8 Å². The largest absolute Gasteiger partial charge is 0.339 e. The van der Waals surface area contributed by atoms with Crippen molar-refractivity contribution in [3.05, 3.63) is 29.6 Å². The Morgan fingerprint density at radius 1 is 1.08 bits per heavy atom. The van der Waals surface area contributed by atoms with E-state index < -0.39 is 5.82 Å². The monoisotopic (exact) mass is 335 g/mol. The smallest absolute Gasteiger partial charge is 0.224 e. The minimum atomic E-state index is -0.421. The van der Waals surface area contributed by atoms with Gasteiger partial charge in [-0.3, -0.25) is 14.4 Å². The zero-order valence-electron chi connectivity index (χ0n) is 14.0. The number of nitrogens with zero attached hydrogens (tertiary/aromatic N) is 2. The van der Waals surface area contributed by atoms with Crippen LogP contribution in [-0.2, 0) is 14.4 Å². The van der Waals surface area contributed by atoms with Gasteiger partial charge in [-0.2, -0.15) is 0 Å². The number of anilines is 1. The molecule has 1 N–H and O–H groups in total. The summed E-state index contributed by atoms with van der Waals surface area (Å²) in [6.07, 6.45) is 0.141. The van der Waals surface area contributed by atoms with Crippen LogP contribution >= 0.6 is 0 Å². The summed E-state index contributed by atoms with van der Waals surface area (Å²) in [6, 6.07) is 4.18. The van der Waals surface area contributed by atoms with E-state index in [4.69, 9.17) is 0 Å². The highest BCUT2D eigenvalue weighted by molar-refractivity contribution is 5.93. The SMILES string of the molecule is CC(=O)N1CCN(C(=O)CCC(=O)Nc2cc(F)ccc2C)CC1. The van der Waals surface area contributed by atoms with Crippen molar-refractivity contribution >= 4 is 23.4 Å². The zero-order chi connectivity index (χ0) is 17.7. The average Bonchev–Trinajstić information content (AvgIpc) is 2.56. The highest BCUT2D eigenvalue weighted by atomic mass is 19.1. The summed E-state index contributed by atoms with van der Waals surface area (Å²) in [5.74, 6) is -0.842. The third kappa shape index (κ3) is 4.78. The van der Waals surface area contributed by atoms with E-state index in [-0.39, 0.29) is 30.6 Å². The molecule has 1 saturated heterocycles. The number of hydrogen-bond acceptors (Lipinski definition) is 3. The highest BCUT2D eigenvalue weighted by Gasteiger charge is 2.22. The first-order valence-corrected chi connectivity index (χ1v) is 7.96. The van der Waals surface area contributed by atoms with Crippen molar-refractivity contribution in [3.8, 4) is 0 Å².